The SMILES string of the molecule is OC[C@H]1O[C@H](OC[C@H]2O[C@H](OC[C@H]3O[C@H](OC[C@H]4O[C@H](O)[C@@H](O[C@H]5O[C@H](CO)[C@@H](O)[C@H](O)[C@@H]5O)[C@@H](O)[C@@H]4O)[C@@H](O)[C@@H](O)[C@@H]3O)[C@@H](O[C@H]3O[C@H](CO)[C@@H](O)[C@H](O)[C@@H]3O)[C@@H](O)[C@@H]2O)[C@@H](O)[C@@H](O)[C@@H]1O. The molecular formula is C36H62O31. The van der Waals surface area contributed by atoms with Crippen molar-refractivity contribution in [3.8, 4) is 0 Å². The van der Waals surface area contributed by atoms with Crippen molar-refractivity contribution < 1.29 is 154 Å². The van der Waals surface area contributed by atoms with Gasteiger partial charge in [0.05, 0.1) is 39.6 Å². The molecule has 6 rings (SSSR count). The summed E-state index contributed by atoms with van der Waals surface area (Å²) in [7, 11) is 0. The number of aliphatic hydroxyl groups is 20. The Morgan fingerprint density at radius 3 is 0.925 bits per heavy atom. The Balaban J connectivity index is 1.12. The minimum Gasteiger partial charge on any atom is -0.394 e. The molecule has 20 N–H and O–H groups in total. The van der Waals surface area contributed by atoms with E-state index >= 15 is 0 Å². The lowest BCUT2D eigenvalue weighted by Crippen LogP contribution is -2.65. The Morgan fingerprint density at radius 1 is 0.254 bits per heavy atom. The Morgan fingerprint density at radius 2 is 0.522 bits per heavy atom. The van der Waals surface area contributed by atoms with Crippen LogP contribution in [0.1, 0.15) is 0 Å². The average molecular weight is 991 g/mol. The molecule has 0 saturated carbocycles. The zero-order valence-corrected chi connectivity index (χ0v) is 35.0. The Kier molecular flexibility index (Phi) is 19.4. The number of hydrogen-bond acceptors (Lipinski definition) is 31. The van der Waals surface area contributed by atoms with Gasteiger partial charge in [-0.1, -0.05) is 0 Å². The summed E-state index contributed by atoms with van der Waals surface area (Å²) >= 11 is 0. The van der Waals surface area contributed by atoms with Gasteiger partial charge >= 0.3 is 0 Å². The first-order valence-electron chi connectivity index (χ1n) is 21.1. The molecular weight excluding hydrogens is 928 g/mol. The largest absolute Gasteiger partial charge is 0.394 e. The van der Waals surface area contributed by atoms with Crippen LogP contribution in [0.3, 0.4) is 0 Å². The van der Waals surface area contributed by atoms with Gasteiger partial charge in [-0.05, 0) is 0 Å². The number of rotatable bonds is 16. The lowest BCUT2D eigenvalue weighted by atomic mass is 9.96. The molecule has 6 heterocycles. The van der Waals surface area contributed by atoms with Gasteiger partial charge in [0.25, 0.3) is 0 Å². The highest BCUT2D eigenvalue weighted by atomic mass is 16.8. The van der Waals surface area contributed by atoms with E-state index in [-0.39, 0.29) is 0 Å². The predicted octanol–water partition coefficient (Wildman–Crippen LogP) is -14.1. The van der Waals surface area contributed by atoms with Gasteiger partial charge in [-0.2, -0.15) is 0 Å². The van der Waals surface area contributed by atoms with Crippen molar-refractivity contribution in [2.24, 2.45) is 0 Å². The van der Waals surface area contributed by atoms with Crippen LogP contribution in [0.25, 0.3) is 0 Å². The van der Waals surface area contributed by atoms with E-state index in [0.717, 1.165) is 0 Å². The van der Waals surface area contributed by atoms with Crippen molar-refractivity contribution in [3.63, 3.8) is 0 Å². The van der Waals surface area contributed by atoms with Crippen molar-refractivity contribution in [2.45, 2.75) is 184 Å². The zero-order valence-electron chi connectivity index (χ0n) is 35.0. The summed E-state index contributed by atoms with van der Waals surface area (Å²) < 4.78 is 60.4. The monoisotopic (exact) mass is 990 g/mol. The van der Waals surface area contributed by atoms with Gasteiger partial charge in [0.15, 0.2) is 37.7 Å². The van der Waals surface area contributed by atoms with E-state index in [1.807, 2.05) is 0 Å². The van der Waals surface area contributed by atoms with Crippen molar-refractivity contribution in [2.75, 3.05) is 39.6 Å². The molecule has 0 bridgehead atoms. The van der Waals surface area contributed by atoms with Gasteiger partial charge in [0.2, 0.25) is 0 Å². The van der Waals surface area contributed by atoms with Crippen molar-refractivity contribution in [3.05, 3.63) is 0 Å². The maximum absolute atomic E-state index is 11.3. The van der Waals surface area contributed by atoms with Crippen LogP contribution in [-0.2, 0) is 52.1 Å². The molecule has 0 aromatic rings. The minimum atomic E-state index is -2.11. The number of ether oxygens (including phenoxy) is 11. The van der Waals surface area contributed by atoms with Crippen LogP contribution >= 0.6 is 0 Å². The van der Waals surface area contributed by atoms with Crippen LogP contribution in [0.2, 0.25) is 0 Å². The lowest BCUT2D eigenvalue weighted by Gasteiger charge is -2.47. The summed E-state index contributed by atoms with van der Waals surface area (Å²) in [6.45, 7) is -5.05. The molecule has 31 nitrogen and oxygen atoms in total. The number of aliphatic hydroxyl groups excluding tert-OH is 20. The second kappa shape index (κ2) is 23.5. The van der Waals surface area contributed by atoms with Crippen LogP contribution in [0, 0.1) is 0 Å². The molecule has 6 aliphatic heterocycles. The van der Waals surface area contributed by atoms with Crippen molar-refractivity contribution in [1.82, 2.24) is 0 Å². The third-order valence-corrected chi connectivity index (χ3v) is 12.4. The van der Waals surface area contributed by atoms with E-state index < -0.39 is 224 Å². The summed E-state index contributed by atoms with van der Waals surface area (Å²) in [5.41, 5.74) is 0. The quantitative estimate of drug-likeness (QED) is 0.0683. The maximum Gasteiger partial charge on any atom is 0.187 e. The molecule has 67 heavy (non-hydrogen) atoms. The van der Waals surface area contributed by atoms with E-state index in [9.17, 15) is 102 Å². The average Bonchev–Trinajstić information content (AvgIpc) is 3.31. The fourth-order valence-corrected chi connectivity index (χ4v) is 8.16. The molecule has 6 fully saturated rings. The highest BCUT2D eigenvalue weighted by Crippen LogP contribution is 2.34. The minimum absolute atomic E-state index is 0.796. The normalized spacial score (nSPS) is 53.4. The topological polar surface area (TPSA) is 506 Å². The third-order valence-electron chi connectivity index (χ3n) is 12.4. The highest BCUT2D eigenvalue weighted by molar-refractivity contribution is 4.97. The molecule has 0 radical (unpaired) electrons. The van der Waals surface area contributed by atoms with Crippen molar-refractivity contribution in [1.29, 1.82) is 0 Å². The fourth-order valence-electron chi connectivity index (χ4n) is 8.16. The molecule has 0 amide bonds. The molecule has 6 saturated heterocycles. The van der Waals surface area contributed by atoms with Gasteiger partial charge in [0, 0.05) is 0 Å². The predicted molar refractivity (Wildman–Crippen MR) is 199 cm³/mol. The molecule has 0 aromatic carbocycles. The smallest absolute Gasteiger partial charge is 0.187 e. The van der Waals surface area contributed by atoms with Crippen LogP contribution in [0.15, 0.2) is 0 Å². The molecule has 0 aromatic heterocycles. The lowest BCUT2D eigenvalue weighted by molar-refractivity contribution is -0.379. The highest BCUT2D eigenvalue weighted by Gasteiger charge is 2.55. The van der Waals surface area contributed by atoms with E-state index in [1.54, 1.807) is 0 Å². The van der Waals surface area contributed by atoms with Gasteiger partial charge < -0.3 is 154 Å². The van der Waals surface area contributed by atoms with Gasteiger partial charge in [0.1, 0.15) is 146 Å². The summed E-state index contributed by atoms with van der Waals surface area (Å²) in [6.07, 6.45) is -56.0. The van der Waals surface area contributed by atoms with E-state index in [4.69, 9.17) is 52.1 Å². The van der Waals surface area contributed by atoms with E-state index in [0.29, 0.717) is 0 Å². The summed E-state index contributed by atoms with van der Waals surface area (Å²) in [4.78, 5) is 0. The molecule has 30 atom stereocenters. The standard InChI is InChI=1S/C36H62O31/c37-1-7-13(40)19(46)25(52)32(61-7)58-5-12-18(45)24(51)30(67-35-28(55)21(48)15(42)9(3-39)63-35)36(65-12)59-6-11-16(43)22(49)26(53)33(64-11)57-4-10-17(44)23(50)29(31(56)60-10)66-34-27(54)20(47)14(41)8(2-38)62-34/h7-56H,1-6H2/t7-,8-,9-,10-,11-,12-,13-,14-,15-,16-,17-,18-,19+,20+,21+,22+,23+,24+,25+,26+,27+,28+,29+,30+,31+,32+,33+,34-,35-,36+/m1/s1. The fraction of sp³-hybridized carbons (Fsp3) is 1.00. The van der Waals surface area contributed by atoms with E-state index in [2.05, 4.69) is 0 Å². The van der Waals surface area contributed by atoms with Crippen LogP contribution in [0.5, 0.6) is 0 Å². The van der Waals surface area contributed by atoms with Crippen LogP contribution in [0.4, 0.5) is 0 Å². The first kappa shape index (κ1) is 55.1. The first-order valence-corrected chi connectivity index (χ1v) is 21.1. The second-order valence-corrected chi connectivity index (χ2v) is 16.9. The zero-order chi connectivity index (χ0) is 49.3. The van der Waals surface area contributed by atoms with Crippen LogP contribution in [-0.4, -0.2) is 326 Å². The second-order valence-electron chi connectivity index (χ2n) is 16.9. The number of hydrogen-bond donors (Lipinski definition) is 20. The van der Waals surface area contributed by atoms with Crippen molar-refractivity contribution >= 4 is 0 Å². The Bertz CT molecular complexity index is 1500. The maximum atomic E-state index is 11.3. The molecule has 0 unspecified atom stereocenters. The van der Waals surface area contributed by atoms with Gasteiger partial charge in [-0.3, -0.25) is 0 Å². The van der Waals surface area contributed by atoms with E-state index in [1.165, 1.54) is 0 Å². The summed E-state index contributed by atoms with van der Waals surface area (Å²) in [5.74, 6) is 0. The molecule has 31 heteroatoms. The Hall–Kier alpha value is -1.24. The van der Waals surface area contributed by atoms with Crippen LogP contribution < -0.4 is 0 Å². The molecule has 392 valence electrons. The first-order chi connectivity index (χ1) is 31.6. The summed E-state index contributed by atoms with van der Waals surface area (Å²) in [6, 6.07) is 0. The van der Waals surface area contributed by atoms with Gasteiger partial charge in [-0.15, -0.1) is 0 Å². The molecule has 6 aliphatic rings. The molecule has 0 aliphatic carbocycles. The Labute approximate surface area is 378 Å². The summed E-state index contributed by atoms with van der Waals surface area (Å²) in [5, 5.41) is 208. The third kappa shape index (κ3) is 11.7. The molecule has 0 spiro atoms. The van der Waals surface area contributed by atoms with Gasteiger partial charge in [-0.25, -0.2) is 0 Å².